The van der Waals surface area contributed by atoms with Crippen molar-refractivity contribution < 1.29 is 13.2 Å². The van der Waals surface area contributed by atoms with Crippen molar-refractivity contribution >= 4 is 38.3 Å². The van der Waals surface area contributed by atoms with Crippen LogP contribution in [0, 0.1) is 0 Å². The summed E-state index contributed by atoms with van der Waals surface area (Å²) < 4.78 is 29.7. The van der Waals surface area contributed by atoms with Gasteiger partial charge in [-0.15, -0.1) is 11.3 Å². The molecule has 0 spiro atoms. The maximum Gasteiger partial charge on any atom is 0.251 e. The molecule has 0 bridgehead atoms. The Bertz CT molecular complexity index is 1280. The number of benzene rings is 2. The van der Waals surface area contributed by atoms with E-state index in [9.17, 15) is 13.2 Å². The predicted molar refractivity (Wildman–Crippen MR) is 121 cm³/mol. The highest BCUT2D eigenvalue weighted by Gasteiger charge is 2.16. The molecule has 1 amide bonds. The Morgan fingerprint density at radius 1 is 1.06 bits per heavy atom. The molecule has 0 radical (unpaired) electrons. The van der Waals surface area contributed by atoms with E-state index in [-0.39, 0.29) is 17.3 Å². The Kier molecular flexibility index (Phi) is 6.45. The molecule has 9 heteroatoms. The smallest absolute Gasteiger partial charge is 0.251 e. The highest BCUT2D eigenvalue weighted by molar-refractivity contribution is 7.89. The second-order valence-electron chi connectivity index (χ2n) is 6.97. The van der Waals surface area contributed by atoms with Gasteiger partial charge in [-0.05, 0) is 48.2 Å². The monoisotopic (exact) mass is 454 g/mol. The Morgan fingerprint density at radius 2 is 1.94 bits per heavy atom. The van der Waals surface area contributed by atoms with E-state index in [1.54, 1.807) is 18.5 Å². The molecule has 4 rings (SSSR count). The van der Waals surface area contributed by atoms with Crippen LogP contribution in [0.5, 0.6) is 0 Å². The number of para-hydroxylation sites is 2. The Balaban J connectivity index is 1.32. The molecule has 160 valence electrons. The molecule has 4 aromatic rings. The minimum Gasteiger partial charge on any atom is -0.352 e. The van der Waals surface area contributed by atoms with Crippen LogP contribution < -0.4 is 10.0 Å². The van der Waals surface area contributed by atoms with Crippen LogP contribution in [-0.2, 0) is 23.1 Å². The zero-order valence-corrected chi connectivity index (χ0v) is 18.3. The number of rotatable bonds is 9. The number of nitrogens with zero attached hydrogens (tertiary/aromatic N) is 2. The maximum atomic E-state index is 12.6. The molecule has 0 atom stereocenters. The summed E-state index contributed by atoms with van der Waals surface area (Å²) in [6.45, 7) is 1.42. The molecule has 31 heavy (non-hydrogen) atoms. The van der Waals surface area contributed by atoms with Crippen molar-refractivity contribution in [3.8, 4) is 0 Å². The second kappa shape index (κ2) is 9.42. The summed E-state index contributed by atoms with van der Waals surface area (Å²) >= 11 is 1.48. The van der Waals surface area contributed by atoms with Gasteiger partial charge in [0.25, 0.3) is 5.91 Å². The molecule has 0 fully saturated rings. The minimum absolute atomic E-state index is 0.0709. The fourth-order valence-corrected chi connectivity index (χ4v) is 5.00. The van der Waals surface area contributed by atoms with Crippen LogP contribution in [0.4, 0.5) is 0 Å². The first-order valence-electron chi connectivity index (χ1n) is 9.83. The van der Waals surface area contributed by atoms with Gasteiger partial charge in [-0.3, -0.25) is 4.79 Å². The van der Waals surface area contributed by atoms with Crippen molar-refractivity contribution in [3.63, 3.8) is 0 Å². The number of aryl methyl sites for hydroxylation is 1. The lowest BCUT2D eigenvalue weighted by Gasteiger charge is -2.09. The summed E-state index contributed by atoms with van der Waals surface area (Å²) in [7, 11) is -3.70. The lowest BCUT2D eigenvalue weighted by molar-refractivity contribution is 0.0952. The Labute approximate surface area is 184 Å². The molecule has 0 saturated heterocycles. The second-order valence-corrected chi connectivity index (χ2v) is 9.77. The first-order chi connectivity index (χ1) is 15.0. The first-order valence-corrected chi connectivity index (χ1v) is 12.2. The van der Waals surface area contributed by atoms with Crippen LogP contribution in [0.15, 0.2) is 77.3 Å². The van der Waals surface area contributed by atoms with Gasteiger partial charge in [-0.25, -0.2) is 18.1 Å². The Morgan fingerprint density at radius 3 is 2.77 bits per heavy atom. The third-order valence-corrected chi connectivity index (χ3v) is 7.09. The van der Waals surface area contributed by atoms with E-state index >= 15 is 0 Å². The Hall–Kier alpha value is -3.01. The quantitative estimate of drug-likeness (QED) is 0.379. The van der Waals surface area contributed by atoms with Crippen LogP contribution >= 0.6 is 11.3 Å². The van der Waals surface area contributed by atoms with Gasteiger partial charge in [0.2, 0.25) is 10.0 Å². The molecule has 0 aliphatic rings. The first kappa shape index (κ1) is 21.2. The number of carbonyl (C=O) groups excluding carboxylic acids is 1. The lowest BCUT2D eigenvalue weighted by Crippen LogP contribution is -2.26. The average Bonchev–Trinajstić information content (AvgIpc) is 3.45. The van der Waals surface area contributed by atoms with Crippen LogP contribution in [-0.4, -0.2) is 30.4 Å². The van der Waals surface area contributed by atoms with E-state index in [1.165, 1.54) is 23.5 Å². The van der Waals surface area contributed by atoms with E-state index in [4.69, 9.17) is 0 Å². The fraction of sp³-hybridized carbons (Fsp3) is 0.182. The van der Waals surface area contributed by atoms with Gasteiger partial charge in [-0.2, -0.15) is 0 Å². The number of carbonyl (C=O) groups is 1. The zero-order valence-electron chi connectivity index (χ0n) is 16.7. The minimum atomic E-state index is -3.70. The number of hydrogen-bond donors (Lipinski definition) is 2. The standard InChI is InChI=1S/C22H22N4O3S2/c27-22(23-11-5-12-26-16-24-20-9-1-2-10-21(20)26)17-6-3-8-19(14-17)31(28,29)25-15-18-7-4-13-30-18/h1-4,6-10,13-14,16,25H,5,11-12,15H2,(H,23,27). The molecule has 2 heterocycles. The normalized spacial score (nSPS) is 11.6. The van der Waals surface area contributed by atoms with Crippen molar-refractivity contribution in [2.45, 2.75) is 24.4 Å². The number of sulfonamides is 1. The highest BCUT2D eigenvalue weighted by atomic mass is 32.2. The number of thiophene rings is 1. The molecular formula is C22H22N4O3S2. The summed E-state index contributed by atoms with van der Waals surface area (Å²) in [6, 6.07) is 17.7. The van der Waals surface area contributed by atoms with Crippen molar-refractivity contribution in [2.75, 3.05) is 6.54 Å². The highest BCUT2D eigenvalue weighted by Crippen LogP contribution is 2.15. The summed E-state index contributed by atoms with van der Waals surface area (Å²) in [4.78, 5) is 17.8. The van der Waals surface area contributed by atoms with E-state index < -0.39 is 10.0 Å². The van der Waals surface area contributed by atoms with Gasteiger partial charge in [0.1, 0.15) is 0 Å². The summed E-state index contributed by atoms with van der Waals surface area (Å²) in [6.07, 6.45) is 2.52. The third kappa shape index (κ3) is 5.19. The van der Waals surface area contributed by atoms with Crippen LogP contribution in [0.3, 0.4) is 0 Å². The van der Waals surface area contributed by atoms with Crippen molar-refractivity contribution in [3.05, 3.63) is 82.8 Å². The van der Waals surface area contributed by atoms with Gasteiger partial charge in [-0.1, -0.05) is 24.3 Å². The number of amides is 1. The number of fused-ring (bicyclic) bond motifs is 1. The average molecular weight is 455 g/mol. The van der Waals surface area contributed by atoms with Gasteiger partial charge in [0.15, 0.2) is 0 Å². The van der Waals surface area contributed by atoms with Gasteiger partial charge < -0.3 is 9.88 Å². The SMILES string of the molecule is O=C(NCCCn1cnc2ccccc21)c1cccc(S(=O)(=O)NCc2cccs2)c1. The number of aromatic nitrogens is 2. The topological polar surface area (TPSA) is 93.1 Å². The molecule has 2 aromatic heterocycles. The largest absolute Gasteiger partial charge is 0.352 e. The molecule has 0 saturated carbocycles. The van der Waals surface area contributed by atoms with Gasteiger partial charge in [0.05, 0.1) is 22.3 Å². The van der Waals surface area contributed by atoms with Gasteiger partial charge >= 0.3 is 0 Å². The van der Waals surface area contributed by atoms with E-state index in [2.05, 4.69) is 15.0 Å². The van der Waals surface area contributed by atoms with Crippen LogP contribution in [0.1, 0.15) is 21.7 Å². The zero-order chi connectivity index (χ0) is 21.7. The maximum absolute atomic E-state index is 12.6. The summed E-state index contributed by atoms with van der Waals surface area (Å²) in [5.41, 5.74) is 2.31. The van der Waals surface area contributed by atoms with Crippen molar-refractivity contribution in [2.24, 2.45) is 0 Å². The van der Waals surface area contributed by atoms with Crippen LogP contribution in [0.25, 0.3) is 11.0 Å². The van der Waals surface area contributed by atoms with Gasteiger partial charge in [0, 0.05) is 30.1 Å². The third-order valence-electron chi connectivity index (χ3n) is 4.81. The van der Waals surface area contributed by atoms with E-state index in [0.717, 1.165) is 28.9 Å². The molecule has 7 nitrogen and oxygen atoms in total. The molecule has 0 aliphatic heterocycles. The number of imidazole rings is 1. The molecule has 0 aliphatic carbocycles. The van der Waals surface area contributed by atoms with E-state index in [1.807, 2.05) is 46.3 Å². The fourth-order valence-electron chi connectivity index (χ4n) is 3.21. The van der Waals surface area contributed by atoms with Crippen LogP contribution in [0.2, 0.25) is 0 Å². The van der Waals surface area contributed by atoms with E-state index in [0.29, 0.717) is 12.1 Å². The summed E-state index contributed by atoms with van der Waals surface area (Å²) in [5.74, 6) is -0.300. The molecule has 2 N–H and O–H groups in total. The molecular weight excluding hydrogens is 432 g/mol. The number of nitrogens with one attached hydrogen (secondary N) is 2. The molecule has 2 aromatic carbocycles. The molecule has 0 unspecified atom stereocenters. The summed E-state index contributed by atoms with van der Waals surface area (Å²) in [5, 5.41) is 4.75. The van der Waals surface area contributed by atoms with Crippen molar-refractivity contribution in [1.29, 1.82) is 0 Å². The lowest BCUT2D eigenvalue weighted by atomic mass is 10.2. The number of hydrogen-bond acceptors (Lipinski definition) is 5. The van der Waals surface area contributed by atoms with Crippen molar-refractivity contribution in [1.82, 2.24) is 19.6 Å². The predicted octanol–water partition coefficient (Wildman–Crippen LogP) is 3.40.